The lowest BCUT2D eigenvalue weighted by molar-refractivity contribution is -0.118. The fourth-order valence-corrected chi connectivity index (χ4v) is 1.29. The molecule has 0 aliphatic carbocycles. The molecule has 0 saturated carbocycles. The third-order valence-electron chi connectivity index (χ3n) is 2.08. The normalized spacial score (nSPS) is 10.0. The molecule has 0 radical (unpaired) electrons. The molecular formula is C12H15ClO2. The van der Waals surface area contributed by atoms with Crippen molar-refractivity contribution in [2.45, 2.75) is 26.2 Å². The van der Waals surface area contributed by atoms with E-state index in [-0.39, 0.29) is 5.78 Å². The van der Waals surface area contributed by atoms with E-state index >= 15 is 0 Å². The highest BCUT2D eigenvalue weighted by atomic mass is 35.5. The number of hydrogen-bond acceptors (Lipinski definition) is 2. The maximum absolute atomic E-state index is 11.0. The van der Waals surface area contributed by atoms with Crippen molar-refractivity contribution in [1.82, 2.24) is 0 Å². The van der Waals surface area contributed by atoms with Gasteiger partial charge < -0.3 is 4.74 Å². The van der Waals surface area contributed by atoms with Gasteiger partial charge in [0.25, 0.3) is 0 Å². The summed E-state index contributed by atoms with van der Waals surface area (Å²) in [5, 5.41) is 0.698. The van der Waals surface area contributed by atoms with Crippen LogP contribution in [0, 0.1) is 0 Å². The second-order valence-electron chi connectivity index (χ2n) is 3.30. The fraction of sp³-hybridized carbons (Fsp3) is 0.417. The molecule has 3 heteroatoms. The minimum atomic E-state index is 0.287. The van der Waals surface area contributed by atoms with Crippen molar-refractivity contribution in [2.75, 3.05) is 6.61 Å². The quantitative estimate of drug-likeness (QED) is 0.695. The molecular weight excluding hydrogens is 212 g/mol. The highest BCUT2D eigenvalue weighted by Gasteiger charge is 1.98. The van der Waals surface area contributed by atoms with E-state index in [1.807, 2.05) is 19.1 Å². The van der Waals surface area contributed by atoms with Crippen LogP contribution in [0.4, 0.5) is 0 Å². The molecule has 0 saturated heterocycles. The van der Waals surface area contributed by atoms with Gasteiger partial charge in [0.15, 0.2) is 0 Å². The largest absolute Gasteiger partial charge is 0.494 e. The maximum Gasteiger partial charge on any atom is 0.132 e. The van der Waals surface area contributed by atoms with Crippen molar-refractivity contribution < 1.29 is 9.53 Å². The van der Waals surface area contributed by atoms with E-state index in [2.05, 4.69) is 0 Å². The molecule has 0 unspecified atom stereocenters. The van der Waals surface area contributed by atoms with Gasteiger partial charge >= 0.3 is 0 Å². The minimum Gasteiger partial charge on any atom is -0.494 e. The Balaban J connectivity index is 2.20. The molecule has 0 atom stereocenters. The number of hydrogen-bond donors (Lipinski definition) is 0. The van der Waals surface area contributed by atoms with Gasteiger partial charge in [0.05, 0.1) is 6.61 Å². The summed E-state index contributed by atoms with van der Waals surface area (Å²) in [6.45, 7) is 2.45. The number of ketones is 1. The van der Waals surface area contributed by atoms with Crippen molar-refractivity contribution in [1.29, 1.82) is 0 Å². The van der Waals surface area contributed by atoms with Gasteiger partial charge in [0.2, 0.25) is 0 Å². The first-order valence-electron chi connectivity index (χ1n) is 5.12. The van der Waals surface area contributed by atoms with Gasteiger partial charge in [-0.25, -0.2) is 0 Å². The minimum absolute atomic E-state index is 0.287. The zero-order valence-corrected chi connectivity index (χ0v) is 9.59. The average Bonchev–Trinajstić information content (AvgIpc) is 2.26. The zero-order valence-electron chi connectivity index (χ0n) is 8.83. The lowest BCUT2D eigenvalue weighted by Gasteiger charge is -2.05. The predicted molar refractivity (Wildman–Crippen MR) is 61.5 cm³/mol. The summed E-state index contributed by atoms with van der Waals surface area (Å²) in [6.07, 6.45) is 1.99. The summed E-state index contributed by atoms with van der Waals surface area (Å²) in [5.41, 5.74) is 0. The third-order valence-corrected chi connectivity index (χ3v) is 2.33. The highest BCUT2D eigenvalue weighted by Crippen LogP contribution is 2.15. The first-order chi connectivity index (χ1) is 7.22. The van der Waals surface area contributed by atoms with Crippen molar-refractivity contribution in [3.05, 3.63) is 29.3 Å². The van der Waals surface area contributed by atoms with Gasteiger partial charge in [-0.3, -0.25) is 4.79 Å². The standard InChI is InChI=1S/C12H15ClO2/c1-2-11(14)4-3-9-15-12-7-5-10(13)6-8-12/h5-8H,2-4,9H2,1H3. The Morgan fingerprint density at radius 3 is 2.60 bits per heavy atom. The SMILES string of the molecule is CCC(=O)CCCOc1ccc(Cl)cc1. The third kappa shape index (κ3) is 4.84. The van der Waals surface area contributed by atoms with Crippen LogP contribution in [0.5, 0.6) is 5.75 Å². The summed E-state index contributed by atoms with van der Waals surface area (Å²) in [7, 11) is 0. The van der Waals surface area contributed by atoms with E-state index in [0.29, 0.717) is 24.5 Å². The molecule has 0 aliphatic rings. The molecule has 0 spiro atoms. The molecule has 0 aliphatic heterocycles. The molecule has 1 rings (SSSR count). The van der Waals surface area contributed by atoms with Crippen LogP contribution in [-0.2, 0) is 4.79 Å². The van der Waals surface area contributed by atoms with Gasteiger partial charge in [-0.2, -0.15) is 0 Å². The van der Waals surface area contributed by atoms with E-state index in [1.165, 1.54) is 0 Å². The fourth-order valence-electron chi connectivity index (χ4n) is 1.17. The van der Waals surface area contributed by atoms with Crippen molar-refractivity contribution in [3.8, 4) is 5.75 Å². The predicted octanol–water partition coefficient (Wildman–Crippen LogP) is 3.48. The summed E-state index contributed by atoms with van der Waals surface area (Å²) < 4.78 is 5.45. The number of Topliss-reactive ketones (excluding diaryl/α,β-unsaturated/α-hetero) is 1. The summed E-state index contributed by atoms with van der Waals surface area (Å²) in [6, 6.07) is 7.22. The Bertz CT molecular complexity index is 306. The van der Waals surface area contributed by atoms with E-state index < -0.39 is 0 Å². The second kappa shape index (κ2) is 6.46. The van der Waals surface area contributed by atoms with E-state index in [9.17, 15) is 4.79 Å². The van der Waals surface area contributed by atoms with Crippen LogP contribution < -0.4 is 4.74 Å². The highest BCUT2D eigenvalue weighted by molar-refractivity contribution is 6.30. The van der Waals surface area contributed by atoms with Gasteiger partial charge in [-0.15, -0.1) is 0 Å². The lowest BCUT2D eigenvalue weighted by atomic mass is 10.2. The first-order valence-corrected chi connectivity index (χ1v) is 5.50. The van der Waals surface area contributed by atoms with E-state index in [0.717, 1.165) is 12.2 Å². The number of ether oxygens (including phenoxy) is 1. The summed E-state index contributed by atoms with van der Waals surface area (Å²) in [4.78, 5) is 11.0. The van der Waals surface area contributed by atoms with Crippen LogP contribution >= 0.6 is 11.6 Å². The number of benzene rings is 1. The number of carbonyl (C=O) groups is 1. The Kier molecular flexibility index (Phi) is 5.19. The molecule has 2 nitrogen and oxygen atoms in total. The monoisotopic (exact) mass is 226 g/mol. The molecule has 0 fully saturated rings. The summed E-state index contributed by atoms with van der Waals surface area (Å²) in [5.74, 6) is 1.08. The van der Waals surface area contributed by atoms with E-state index in [1.54, 1.807) is 12.1 Å². The van der Waals surface area contributed by atoms with Gasteiger partial charge in [-0.05, 0) is 30.7 Å². The molecule has 0 heterocycles. The average molecular weight is 227 g/mol. The molecule has 0 bridgehead atoms. The number of rotatable bonds is 6. The topological polar surface area (TPSA) is 26.3 Å². The van der Waals surface area contributed by atoms with Gasteiger partial charge in [0, 0.05) is 17.9 Å². The molecule has 0 aromatic heterocycles. The van der Waals surface area contributed by atoms with E-state index in [4.69, 9.17) is 16.3 Å². The molecule has 15 heavy (non-hydrogen) atoms. The molecule has 82 valence electrons. The molecule has 0 N–H and O–H groups in total. The van der Waals surface area contributed by atoms with Crippen molar-refractivity contribution in [2.24, 2.45) is 0 Å². The Morgan fingerprint density at radius 1 is 1.33 bits per heavy atom. The van der Waals surface area contributed by atoms with Crippen LogP contribution in [0.1, 0.15) is 26.2 Å². The zero-order chi connectivity index (χ0) is 11.1. The second-order valence-corrected chi connectivity index (χ2v) is 3.73. The Hall–Kier alpha value is -1.02. The van der Waals surface area contributed by atoms with Gasteiger partial charge in [-0.1, -0.05) is 18.5 Å². The van der Waals surface area contributed by atoms with Crippen LogP contribution in [0.15, 0.2) is 24.3 Å². The van der Waals surface area contributed by atoms with Crippen LogP contribution in [0.25, 0.3) is 0 Å². The maximum atomic E-state index is 11.0. The Labute approximate surface area is 95.2 Å². The number of carbonyl (C=O) groups excluding carboxylic acids is 1. The molecule has 1 aromatic rings. The van der Waals surface area contributed by atoms with Crippen molar-refractivity contribution >= 4 is 17.4 Å². The first kappa shape index (κ1) is 12.1. The van der Waals surface area contributed by atoms with Crippen molar-refractivity contribution in [3.63, 3.8) is 0 Å². The van der Waals surface area contributed by atoms with Crippen LogP contribution in [0.2, 0.25) is 5.02 Å². The van der Waals surface area contributed by atoms with Crippen LogP contribution in [-0.4, -0.2) is 12.4 Å². The molecule has 0 amide bonds. The van der Waals surface area contributed by atoms with Gasteiger partial charge in [0.1, 0.15) is 11.5 Å². The Morgan fingerprint density at radius 2 is 2.00 bits per heavy atom. The van der Waals surface area contributed by atoms with Crippen LogP contribution in [0.3, 0.4) is 0 Å². The lowest BCUT2D eigenvalue weighted by Crippen LogP contribution is -2.01. The summed E-state index contributed by atoms with van der Waals surface area (Å²) >= 11 is 5.73. The number of halogens is 1. The molecule has 1 aromatic carbocycles. The smallest absolute Gasteiger partial charge is 0.132 e.